The highest BCUT2D eigenvalue weighted by atomic mass is 35.5. The summed E-state index contributed by atoms with van der Waals surface area (Å²) in [6.45, 7) is 0. The van der Waals surface area contributed by atoms with E-state index in [0.29, 0.717) is 11.8 Å². The molecule has 0 aliphatic rings. The fraction of sp³-hybridized carbons (Fsp3) is 0.0526. The summed E-state index contributed by atoms with van der Waals surface area (Å²) < 4.78 is 5.31. The maximum atomic E-state index is 5.62. The molecule has 0 N–H and O–H groups in total. The first kappa shape index (κ1) is 15.3. The maximum Gasteiger partial charge on any atom is 0.240 e. The van der Waals surface area contributed by atoms with Crippen LogP contribution in [0.2, 0.25) is 0 Å². The minimum Gasteiger partial charge on any atom is -0.420 e. The number of alkyl halides is 1. The van der Waals surface area contributed by atoms with Crippen LogP contribution >= 0.6 is 11.6 Å². The van der Waals surface area contributed by atoms with E-state index in [1.54, 1.807) is 6.08 Å². The molecule has 3 nitrogen and oxygen atoms in total. The zero-order valence-corrected chi connectivity index (χ0v) is 13.1. The van der Waals surface area contributed by atoms with Gasteiger partial charge in [-0.1, -0.05) is 66.7 Å². The fourth-order valence-corrected chi connectivity index (χ4v) is 2.14. The molecule has 114 valence electrons. The molecule has 0 amide bonds. The minimum absolute atomic E-state index is 0.225. The minimum atomic E-state index is 0.225. The molecular weight excluding hydrogens is 308 g/mol. The van der Waals surface area contributed by atoms with Crippen LogP contribution in [0.4, 0.5) is 0 Å². The van der Waals surface area contributed by atoms with Gasteiger partial charge in [0.25, 0.3) is 0 Å². The molecule has 0 aliphatic heterocycles. The van der Waals surface area contributed by atoms with Crippen molar-refractivity contribution in [3.63, 3.8) is 0 Å². The lowest BCUT2D eigenvalue weighted by molar-refractivity contribution is 0.505. The smallest absolute Gasteiger partial charge is 0.240 e. The molecule has 0 radical (unpaired) electrons. The molecule has 0 spiro atoms. The molecule has 0 atom stereocenters. The van der Waals surface area contributed by atoms with Crippen molar-refractivity contribution in [1.29, 1.82) is 0 Å². The monoisotopic (exact) mass is 322 g/mol. The molecule has 23 heavy (non-hydrogen) atoms. The van der Waals surface area contributed by atoms with Gasteiger partial charge in [-0.25, -0.2) is 0 Å². The Hall–Kier alpha value is -2.65. The quantitative estimate of drug-likeness (QED) is 0.481. The molecule has 0 bridgehead atoms. The van der Waals surface area contributed by atoms with Crippen molar-refractivity contribution >= 4 is 35.9 Å². The lowest BCUT2D eigenvalue weighted by atomic mass is 10.1. The van der Waals surface area contributed by atoms with Crippen LogP contribution < -0.4 is 0 Å². The third-order valence-electron chi connectivity index (χ3n) is 3.22. The summed E-state index contributed by atoms with van der Waals surface area (Å²) in [6.07, 6.45) is 7.89. The lowest BCUT2D eigenvalue weighted by Crippen LogP contribution is -1.76. The molecular formula is C19H15ClN2O. The van der Waals surface area contributed by atoms with E-state index in [4.69, 9.17) is 16.0 Å². The highest BCUT2D eigenvalue weighted by Gasteiger charge is 2.00. The normalized spacial score (nSPS) is 11.5. The van der Waals surface area contributed by atoms with E-state index in [9.17, 15) is 0 Å². The standard InChI is InChI=1S/C19H15ClN2O/c20-14-19-22-21-18(23-19)13-12-17-10-8-16(9-11-17)7-6-15-4-2-1-3-5-15/h1-13H,14H2. The van der Waals surface area contributed by atoms with Crippen LogP contribution in [0, 0.1) is 0 Å². The first-order valence-electron chi connectivity index (χ1n) is 7.23. The van der Waals surface area contributed by atoms with Gasteiger partial charge in [-0.15, -0.1) is 21.8 Å². The summed E-state index contributed by atoms with van der Waals surface area (Å²) in [6, 6.07) is 18.4. The van der Waals surface area contributed by atoms with E-state index >= 15 is 0 Å². The lowest BCUT2D eigenvalue weighted by Gasteiger charge is -1.96. The van der Waals surface area contributed by atoms with Gasteiger partial charge >= 0.3 is 0 Å². The van der Waals surface area contributed by atoms with Crippen molar-refractivity contribution in [2.75, 3.05) is 0 Å². The van der Waals surface area contributed by atoms with Crippen LogP contribution in [0.5, 0.6) is 0 Å². The molecule has 0 aliphatic carbocycles. The van der Waals surface area contributed by atoms with Crippen molar-refractivity contribution in [3.05, 3.63) is 83.1 Å². The molecule has 0 fully saturated rings. The number of halogens is 1. The number of nitrogens with zero attached hydrogens (tertiary/aromatic N) is 2. The summed E-state index contributed by atoms with van der Waals surface area (Å²) in [5, 5.41) is 7.69. The van der Waals surface area contributed by atoms with E-state index in [1.165, 1.54) is 5.56 Å². The molecule has 0 saturated heterocycles. The zero-order chi connectivity index (χ0) is 15.9. The first-order chi connectivity index (χ1) is 11.3. The third kappa shape index (κ3) is 4.41. The van der Waals surface area contributed by atoms with E-state index in [1.807, 2.05) is 36.4 Å². The van der Waals surface area contributed by atoms with E-state index < -0.39 is 0 Å². The largest absolute Gasteiger partial charge is 0.420 e. The highest BCUT2D eigenvalue weighted by molar-refractivity contribution is 6.16. The fourth-order valence-electron chi connectivity index (χ4n) is 2.03. The highest BCUT2D eigenvalue weighted by Crippen LogP contribution is 2.12. The van der Waals surface area contributed by atoms with Crippen LogP contribution in [0.15, 0.2) is 59.0 Å². The topological polar surface area (TPSA) is 38.9 Å². The van der Waals surface area contributed by atoms with Crippen LogP contribution in [0.3, 0.4) is 0 Å². The Bertz CT molecular complexity index is 805. The Labute approximate surface area is 139 Å². The number of hydrogen-bond donors (Lipinski definition) is 0. The predicted octanol–water partition coefficient (Wildman–Crippen LogP) is 5.15. The Morgan fingerprint density at radius 3 is 1.87 bits per heavy atom. The van der Waals surface area contributed by atoms with Crippen molar-refractivity contribution in [1.82, 2.24) is 10.2 Å². The number of rotatable bonds is 5. The maximum absolute atomic E-state index is 5.62. The van der Waals surface area contributed by atoms with Crippen molar-refractivity contribution < 1.29 is 4.42 Å². The van der Waals surface area contributed by atoms with Gasteiger partial charge in [0, 0.05) is 6.08 Å². The van der Waals surface area contributed by atoms with Gasteiger partial charge in [-0.05, 0) is 22.8 Å². The SMILES string of the molecule is ClCc1nnc(C=Cc2ccc(C=Cc3ccccc3)cc2)o1. The predicted molar refractivity (Wildman–Crippen MR) is 94.6 cm³/mol. The van der Waals surface area contributed by atoms with Gasteiger partial charge in [-0.2, -0.15) is 0 Å². The van der Waals surface area contributed by atoms with Gasteiger partial charge in [-0.3, -0.25) is 0 Å². The summed E-state index contributed by atoms with van der Waals surface area (Å²) in [5.41, 5.74) is 3.39. The summed E-state index contributed by atoms with van der Waals surface area (Å²) in [7, 11) is 0. The summed E-state index contributed by atoms with van der Waals surface area (Å²) in [4.78, 5) is 0. The van der Waals surface area contributed by atoms with Gasteiger partial charge < -0.3 is 4.42 Å². The molecule has 4 heteroatoms. The van der Waals surface area contributed by atoms with E-state index in [0.717, 1.165) is 11.1 Å². The summed E-state index contributed by atoms with van der Waals surface area (Å²) >= 11 is 5.62. The van der Waals surface area contributed by atoms with Crippen LogP contribution in [0.1, 0.15) is 28.5 Å². The Kier molecular flexibility index (Phi) is 5.02. The third-order valence-corrected chi connectivity index (χ3v) is 3.45. The number of aromatic nitrogens is 2. The molecule has 1 heterocycles. The van der Waals surface area contributed by atoms with Crippen LogP contribution in [-0.4, -0.2) is 10.2 Å². The first-order valence-corrected chi connectivity index (χ1v) is 7.76. The van der Waals surface area contributed by atoms with Gasteiger partial charge in [0.2, 0.25) is 11.8 Å². The second kappa shape index (κ2) is 7.56. The molecule has 2 aromatic carbocycles. The molecule has 1 aromatic heterocycles. The number of hydrogen-bond acceptors (Lipinski definition) is 3. The number of benzene rings is 2. The van der Waals surface area contributed by atoms with Crippen LogP contribution in [0.25, 0.3) is 24.3 Å². The van der Waals surface area contributed by atoms with E-state index in [-0.39, 0.29) is 5.88 Å². The van der Waals surface area contributed by atoms with Gasteiger partial charge in [0.05, 0.1) is 0 Å². The molecule has 3 rings (SSSR count). The Morgan fingerprint density at radius 2 is 1.30 bits per heavy atom. The second-order valence-corrected chi connectivity index (χ2v) is 5.18. The Balaban J connectivity index is 1.66. The summed E-state index contributed by atoms with van der Waals surface area (Å²) in [5.74, 6) is 1.10. The van der Waals surface area contributed by atoms with Crippen molar-refractivity contribution in [3.8, 4) is 0 Å². The van der Waals surface area contributed by atoms with Gasteiger partial charge in [0.1, 0.15) is 5.88 Å². The molecule has 0 unspecified atom stereocenters. The van der Waals surface area contributed by atoms with Crippen LogP contribution in [-0.2, 0) is 5.88 Å². The molecule has 0 saturated carbocycles. The van der Waals surface area contributed by atoms with Gasteiger partial charge in [0.15, 0.2) is 0 Å². The zero-order valence-electron chi connectivity index (χ0n) is 12.4. The van der Waals surface area contributed by atoms with E-state index in [2.05, 4.69) is 46.6 Å². The second-order valence-electron chi connectivity index (χ2n) is 4.91. The average molecular weight is 323 g/mol. The average Bonchev–Trinajstić information content (AvgIpc) is 3.08. The van der Waals surface area contributed by atoms with Crippen molar-refractivity contribution in [2.24, 2.45) is 0 Å². The molecule has 3 aromatic rings. The van der Waals surface area contributed by atoms with Crippen molar-refractivity contribution in [2.45, 2.75) is 5.88 Å². The Morgan fingerprint density at radius 1 is 0.739 bits per heavy atom.